The van der Waals surface area contributed by atoms with E-state index >= 15 is 0 Å². The van der Waals surface area contributed by atoms with E-state index in [2.05, 4.69) is 176 Å². The van der Waals surface area contributed by atoms with Crippen LogP contribution in [-0.4, -0.2) is 8.80 Å². The second kappa shape index (κ2) is 10.9. The molecule has 0 saturated carbocycles. The van der Waals surface area contributed by atoms with Gasteiger partial charge in [0, 0.05) is 0 Å². The molecule has 0 saturated heterocycles. The summed E-state index contributed by atoms with van der Waals surface area (Å²) in [5.41, 5.74) is 5.13. The minimum atomic E-state index is -1.59. The minimum absolute atomic E-state index is 1.26. The molecule has 1 heteroatoms. The third-order valence-corrected chi connectivity index (χ3v) is 11.9. The number of hydrogen-bond donors (Lipinski definition) is 0. The second-order valence-electron chi connectivity index (χ2n) is 11.3. The molecule has 0 aromatic heterocycles. The third-order valence-electron chi connectivity index (χ3n) is 8.77. The Morgan fingerprint density at radius 2 is 0.674 bits per heavy atom. The van der Waals surface area contributed by atoms with Crippen molar-refractivity contribution >= 4 is 56.7 Å². The van der Waals surface area contributed by atoms with Crippen molar-refractivity contribution in [3.8, 4) is 22.3 Å². The van der Waals surface area contributed by atoms with Crippen LogP contribution in [0.5, 0.6) is 0 Å². The molecule has 0 atom stereocenters. The lowest BCUT2D eigenvalue weighted by Crippen LogP contribution is -2.51. The van der Waals surface area contributed by atoms with E-state index in [0.717, 1.165) is 0 Å². The van der Waals surface area contributed by atoms with E-state index in [0.29, 0.717) is 0 Å². The first-order chi connectivity index (χ1) is 21.3. The average Bonchev–Trinajstić information content (AvgIpc) is 3.08. The van der Waals surface area contributed by atoms with Gasteiger partial charge in [-0.2, -0.15) is 0 Å². The molecule has 0 aliphatic heterocycles. The van der Waals surface area contributed by atoms with Crippen LogP contribution >= 0.6 is 0 Å². The molecule has 8 aromatic carbocycles. The summed E-state index contributed by atoms with van der Waals surface area (Å²) in [4.78, 5) is 0. The van der Waals surface area contributed by atoms with Crippen molar-refractivity contribution in [1.29, 1.82) is 0 Å². The highest BCUT2D eigenvalue weighted by Gasteiger charge is 2.20. The summed E-state index contributed by atoms with van der Waals surface area (Å²) >= 11 is 0. The van der Waals surface area contributed by atoms with Crippen LogP contribution in [0.4, 0.5) is 0 Å². The summed E-state index contributed by atoms with van der Waals surface area (Å²) in [6.45, 7) is 0. The Hall–Kier alpha value is -5.24. The van der Waals surface area contributed by atoms with Gasteiger partial charge in [0.05, 0.1) is 0 Å². The molecule has 8 aromatic rings. The molecular formula is C42H30Si. The van der Waals surface area contributed by atoms with Gasteiger partial charge in [0.25, 0.3) is 0 Å². The largest absolute Gasteiger partial charge is 0.132 e. The monoisotopic (exact) mass is 562 g/mol. The Bertz CT molecular complexity index is 2120. The van der Waals surface area contributed by atoms with Gasteiger partial charge < -0.3 is 0 Å². The third kappa shape index (κ3) is 4.55. The van der Waals surface area contributed by atoms with Crippen LogP contribution in [0.2, 0.25) is 0 Å². The van der Waals surface area contributed by atoms with Crippen LogP contribution in [0.15, 0.2) is 176 Å². The van der Waals surface area contributed by atoms with Gasteiger partial charge in [0.15, 0.2) is 0 Å². The molecule has 43 heavy (non-hydrogen) atoms. The fourth-order valence-corrected chi connectivity index (χ4v) is 9.75. The quantitative estimate of drug-likeness (QED) is 0.112. The molecule has 0 bridgehead atoms. The fourth-order valence-electron chi connectivity index (χ4n) is 6.81. The summed E-state index contributed by atoms with van der Waals surface area (Å²) in [6.07, 6.45) is 0. The average molecular weight is 563 g/mol. The number of hydrogen-bond acceptors (Lipinski definition) is 0. The molecule has 0 aliphatic carbocycles. The van der Waals surface area contributed by atoms with E-state index in [1.54, 1.807) is 0 Å². The maximum absolute atomic E-state index is 2.38. The molecule has 0 unspecified atom stereocenters. The summed E-state index contributed by atoms with van der Waals surface area (Å²) in [6, 6.07) is 64.9. The fraction of sp³-hybridized carbons (Fsp3) is 0. The SMILES string of the molecule is c1ccc([SiH](c2ccccc2)c2ccc(-c3c4ccccc4c(-c4ccc5ccccc5c4)c4ccccc34)cc2)cc1. The highest BCUT2D eigenvalue weighted by molar-refractivity contribution is 6.95. The van der Waals surface area contributed by atoms with Gasteiger partial charge in [0.1, 0.15) is 8.80 Å². The molecule has 0 amide bonds. The van der Waals surface area contributed by atoms with Crippen molar-refractivity contribution in [1.82, 2.24) is 0 Å². The normalized spacial score (nSPS) is 11.5. The molecule has 0 aliphatic rings. The van der Waals surface area contributed by atoms with Crippen molar-refractivity contribution in [2.75, 3.05) is 0 Å². The predicted molar refractivity (Wildman–Crippen MR) is 189 cm³/mol. The van der Waals surface area contributed by atoms with Gasteiger partial charge >= 0.3 is 0 Å². The van der Waals surface area contributed by atoms with E-state index in [1.165, 1.54) is 70.1 Å². The number of benzene rings is 8. The summed E-state index contributed by atoms with van der Waals surface area (Å²) in [5.74, 6) is 0. The zero-order valence-corrected chi connectivity index (χ0v) is 25.0. The first-order valence-electron chi connectivity index (χ1n) is 15.0. The van der Waals surface area contributed by atoms with Crippen LogP contribution in [0.3, 0.4) is 0 Å². The van der Waals surface area contributed by atoms with Crippen molar-refractivity contribution in [2.24, 2.45) is 0 Å². The maximum Gasteiger partial charge on any atom is 0.132 e. The van der Waals surface area contributed by atoms with Crippen LogP contribution in [0.25, 0.3) is 54.6 Å². The topological polar surface area (TPSA) is 0 Å². The number of rotatable bonds is 5. The van der Waals surface area contributed by atoms with Gasteiger partial charge in [-0.3, -0.25) is 0 Å². The molecule has 8 rings (SSSR count). The Balaban J connectivity index is 1.32. The van der Waals surface area contributed by atoms with Crippen LogP contribution in [0.1, 0.15) is 0 Å². The number of fused-ring (bicyclic) bond motifs is 3. The van der Waals surface area contributed by atoms with Crippen molar-refractivity contribution in [2.45, 2.75) is 0 Å². The van der Waals surface area contributed by atoms with E-state index in [4.69, 9.17) is 0 Å². The van der Waals surface area contributed by atoms with E-state index in [9.17, 15) is 0 Å². The first-order valence-corrected chi connectivity index (χ1v) is 16.7. The van der Waals surface area contributed by atoms with Crippen molar-refractivity contribution in [3.63, 3.8) is 0 Å². The Labute approximate surface area is 254 Å². The zero-order chi connectivity index (χ0) is 28.6. The van der Waals surface area contributed by atoms with Crippen LogP contribution < -0.4 is 15.6 Å². The smallest absolute Gasteiger partial charge is 0.0625 e. The lowest BCUT2D eigenvalue weighted by molar-refractivity contribution is 1.67. The molecule has 0 spiro atoms. The van der Waals surface area contributed by atoms with Crippen LogP contribution in [0, 0.1) is 0 Å². The van der Waals surface area contributed by atoms with Crippen molar-refractivity contribution < 1.29 is 0 Å². The van der Waals surface area contributed by atoms with E-state index in [-0.39, 0.29) is 0 Å². The van der Waals surface area contributed by atoms with Gasteiger partial charge in [0.2, 0.25) is 0 Å². The molecule has 0 heterocycles. The molecule has 0 radical (unpaired) electrons. The molecule has 0 N–H and O–H groups in total. The Morgan fingerprint density at radius 3 is 1.21 bits per heavy atom. The van der Waals surface area contributed by atoms with Crippen molar-refractivity contribution in [3.05, 3.63) is 176 Å². The molecule has 0 nitrogen and oxygen atoms in total. The summed E-state index contributed by atoms with van der Waals surface area (Å²) in [7, 11) is -1.59. The van der Waals surface area contributed by atoms with Crippen LogP contribution in [-0.2, 0) is 0 Å². The highest BCUT2D eigenvalue weighted by atomic mass is 28.3. The Morgan fingerprint density at radius 1 is 0.279 bits per heavy atom. The van der Waals surface area contributed by atoms with Gasteiger partial charge in [-0.15, -0.1) is 0 Å². The highest BCUT2D eigenvalue weighted by Crippen LogP contribution is 2.43. The Kier molecular flexibility index (Phi) is 6.44. The van der Waals surface area contributed by atoms with Gasteiger partial charge in [-0.25, -0.2) is 0 Å². The van der Waals surface area contributed by atoms with Gasteiger partial charge in [-0.05, 0) is 60.6 Å². The molecular weight excluding hydrogens is 533 g/mol. The molecule has 0 fully saturated rings. The zero-order valence-electron chi connectivity index (χ0n) is 23.8. The van der Waals surface area contributed by atoms with Gasteiger partial charge in [-0.1, -0.05) is 185 Å². The predicted octanol–water partition coefficient (Wildman–Crippen LogP) is 8.73. The lowest BCUT2D eigenvalue weighted by atomic mass is 9.85. The second-order valence-corrected chi connectivity index (χ2v) is 14.1. The summed E-state index contributed by atoms with van der Waals surface area (Å²) < 4.78 is 0. The lowest BCUT2D eigenvalue weighted by Gasteiger charge is -2.20. The molecule has 202 valence electrons. The minimum Gasteiger partial charge on any atom is -0.0625 e. The summed E-state index contributed by atoms with van der Waals surface area (Å²) in [5, 5.41) is 12.0. The maximum atomic E-state index is 2.38. The van der Waals surface area contributed by atoms with E-state index in [1.807, 2.05) is 0 Å². The first kappa shape index (κ1) is 25.5. The standard InChI is InChI=1S/C42H30Si/c1-3-15-34(16-4-1)43(35-17-5-2-6-18-35)36-27-25-31(26-28-36)41-37-19-9-11-21-39(37)42(40-22-12-10-20-38(40)41)33-24-23-30-13-7-8-14-32(30)29-33/h1-29,43H. The van der Waals surface area contributed by atoms with E-state index < -0.39 is 8.80 Å².